The number of hydrogen-bond acceptors (Lipinski definition) is 3. The Balaban J connectivity index is 2.02. The van der Waals surface area contributed by atoms with Crippen molar-refractivity contribution in [3.05, 3.63) is 29.8 Å². The number of nitrogens with zero attached hydrogens (tertiary/aromatic N) is 1. The lowest BCUT2D eigenvalue weighted by Gasteiger charge is -2.25. The molecule has 0 aliphatic heterocycles. The molecule has 23 heavy (non-hydrogen) atoms. The number of rotatable bonds is 6. The second-order valence-corrected chi connectivity index (χ2v) is 7.52. The summed E-state index contributed by atoms with van der Waals surface area (Å²) in [5, 5.41) is 3.48. The molecule has 0 saturated heterocycles. The van der Waals surface area contributed by atoms with E-state index in [1.807, 2.05) is 48.8 Å². The van der Waals surface area contributed by atoms with Crippen LogP contribution in [0.5, 0.6) is 0 Å². The number of thioether (sulfide) groups is 1. The van der Waals surface area contributed by atoms with Gasteiger partial charge in [-0.2, -0.15) is 11.8 Å². The van der Waals surface area contributed by atoms with Crippen LogP contribution < -0.4 is 5.32 Å². The summed E-state index contributed by atoms with van der Waals surface area (Å²) in [6.45, 7) is 3.99. The molecule has 1 saturated carbocycles. The van der Waals surface area contributed by atoms with E-state index in [0.29, 0.717) is 29.0 Å². The summed E-state index contributed by atoms with van der Waals surface area (Å²) >= 11 is 1.99. The highest BCUT2D eigenvalue weighted by Gasteiger charge is 2.30. The van der Waals surface area contributed by atoms with E-state index in [-0.39, 0.29) is 11.8 Å². The van der Waals surface area contributed by atoms with Crippen LogP contribution in [-0.2, 0) is 4.79 Å². The minimum absolute atomic E-state index is 0.0322. The van der Waals surface area contributed by atoms with Gasteiger partial charge in [0, 0.05) is 36.0 Å². The fraction of sp³-hybridized carbons (Fsp3) is 0.556. The van der Waals surface area contributed by atoms with E-state index >= 15 is 0 Å². The van der Waals surface area contributed by atoms with Crippen LogP contribution in [0.25, 0.3) is 0 Å². The highest BCUT2D eigenvalue weighted by atomic mass is 32.2. The van der Waals surface area contributed by atoms with E-state index in [0.717, 1.165) is 18.6 Å². The van der Waals surface area contributed by atoms with Crippen molar-refractivity contribution in [3.8, 4) is 0 Å². The Kier molecular flexibility index (Phi) is 6.51. The van der Waals surface area contributed by atoms with Gasteiger partial charge >= 0.3 is 0 Å². The third-order valence-corrected chi connectivity index (χ3v) is 5.57. The fourth-order valence-electron chi connectivity index (χ4n) is 3.01. The van der Waals surface area contributed by atoms with Crippen molar-refractivity contribution in [2.45, 2.75) is 50.8 Å². The predicted molar refractivity (Wildman–Crippen MR) is 97.0 cm³/mol. The first-order valence-electron chi connectivity index (χ1n) is 8.33. The van der Waals surface area contributed by atoms with Crippen molar-refractivity contribution < 1.29 is 9.59 Å². The number of amides is 2. The number of hydrogen-bond donors (Lipinski definition) is 1. The van der Waals surface area contributed by atoms with Crippen molar-refractivity contribution in [2.24, 2.45) is 0 Å². The number of anilines is 1. The van der Waals surface area contributed by atoms with E-state index in [9.17, 15) is 9.59 Å². The first kappa shape index (κ1) is 17.9. The quantitative estimate of drug-likeness (QED) is 0.861. The van der Waals surface area contributed by atoms with Crippen LogP contribution >= 0.6 is 11.8 Å². The van der Waals surface area contributed by atoms with Gasteiger partial charge in [0.25, 0.3) is 5.91 Å². The maximum absolute atomic E-state index is 12.7. The van der Waals surface area contributed by atoms with Gasteiger partial charge < -0.3 is 10.2 Å². The number of carbonyl (C=O) groups is 2. The summed E-state index contributed by atoms with van der Waals surface area (Å²) in [6.07, 6.45) is 3.77. The second-order valence-electron chi connectivity index (χ2n) is 5.94. The van der Waals surface area contributed by atoms with Crippen molar-refractivity contribution in [3.63, 3.8) is 0 Å². The Bertz CT molecular complexity index is 562. The average molecular weight is 334 g/mol. The molecular formula is C18H26N2O2S. The Morgan fingerprint density at radius 3 is 2.78 bits per heavy atom. The molecule has 2 amide bonds. The molecule has 0 radical (unpaired) electrons. The molecule has 1 aliphatic rings. The van der Waals surface area contributed by atoms with Crippen molar-refractivity contribution in [2.75, 3.05) is 18.1 Å². The minimum atomic E-state index is -0.0434. The third kappa shape index (κ3) is 4.74. The van der Waals surface area contributed by atoms with Crippen LogP contribution in [0.2, 0.25) is 0 Å². The molecule has 0 unspecified atom stereocenters. The molecule has 0 aromatic heterocycles. The molecule has 5 heteroatoms. The van der Waals surface area contributed by atoms with Crippen LogP contribution in [0.1, 0.15) is 49.9 Å². The summed E-state index contributed by atoms with van der Waals surface area (Å²) in [6, 6.07) is 7.53. The van der Waals surface area contributed by atoms with Gasteiger partial charge in [-0.05, 0) is 43.2 Å². The molecule has 2 atom stereocenters. The van der Waals surface area contributed by atoms with Gasteiger partial charge in [-0.1, -0.05) is 19.9 Å². The number of carbonyl (C=O) groups excluding carboxylic acids is 2. The zero-order chi connectivity index (χ0) is 16.8. The molecule has 0 heterocycles. The van der Waals surface area contributed by atoms with Gasteiger partial charge in [0.15, 0.2) is 0 Å². The van der Waals surface area contributed by atoms with Gasteiger partial charge in [0.05, 0.1) is 0 Å². The van der Waals surface area contributed by atoms with Gasteiger partial charge in [-0.15, -0.1) is 0 Å². The molecule has 1 fully saturated rings. The maximum Gasteiger partial charge on any atom is 0.253 e. The van der Waals surface area contributed by atoms with Gasteiger partial charge in [0.2, 0.25) is 5.91 Å². The summed E-state index contributed by atoms with van der Waals surface area (Å²) in [5.74, 6) is 1.12. The number of nitrogens with one attached hydrogen (secondary N) is 1. The standard InChI is InChI=1S/C18H26N2O2S/c1-4-17(21)19-14-8-6-7-13(11-14)18(22)20(3)15-9-10-16(12-15)23-5-2/h6-8,11,15-16H,4-5,9-10,12H2,1-3H3,(H,19,21)/t15-,16+/m1/s1. The Labute approximate surface area is 143 Å². The monoisotopic (exact) mass is 334 g/mol. The van der Waals surface area contributed by atoms with Crippen LogP contribution in [0.15, 0.2) is 24.3 Å². The largest absolute Gasteiger partial charge is 0.339 e. The molecular weight excluding hydrogens is 308 g/mol. The molecule has 1 aliphatic carbocycles. The smallest absolute Gasteiger partial charge is 0.253 e. The lowest BCUT2D eigenvalue weighted by Crippen LogP contribution is -2.35. The molecule has 1 aromatic rings. The fourth-order valence-corrected chi connectivity index (χ4v) is 4.14. The van der Waals surface area contributed by atoms with Crippen LogP contribution in [0.4, 0.5) is 5.69 Å². The van der Waals surface area contributed by atoms with Crippen molar-refractivity contribution >= 4 is 29.3 Å². The van der Waals surface area contributed by atoms with E-state index in [2.05, 4.69) is 12.2 Å². The Morgan fingerprint density at radius 2 is 2.09 bits per heavy atom. The molecule has 126 valence electrons. The summed E-state index contributed by atoms with van der Waals surface area (Å²) in [7, 11) is 1.89. The minimum Gasteiger partial charge on any atom is -0.339 e. The first-order chi connectivity index (χ1) is 11.0. The van der Waals surface area contributed by atoms with E-state index in [4.69, 9.17) is 0 Å². The van der Waals surface area contributed by atoms with Gasteiger partial charge in [-0.25, -0.2) is 0 Å². The van der Waals surface area contributed by atoms with Crippen LogP contribution in [-0.4, -0.2) is 40.8 Å². The Hall–Kier alpha value is -1.49. The number of benzene rings is 1. The summed E-state index contributed by atoms with van der Waals surface area (Å²) < 4.78 is 0. The maximum atomic E-state index is 12.7. The first-order valence-corrected chi connectivity index (χ1v) is 9.38. The summed E-state index contributed by atoms with van der Waals surface area (Å²) in [5.41, 5.74) is 1.31. The highest BCUT2D eigenvalue weighted by Crippen LogP contribution is 2.32. The zero-order valence-corrected chi connectivity index (χ0v) is 15.0. The van der Waals surface area contributed by atoms with E-state index in [1.54, 1.807) is 6.07 Å². The second kappa shape index (κ2) is 8.39. The molecule has 0 spiro atoms. The molecule has 1 N–H and O–H groups in total. The lowest BCUT2D eigenvalue weighted by atomic mass is 10.1. The normalized spacial score (nSPS) is 20.3. The highest BCUT2D eigenvalue weighted by molar-refractivity contribution is 7.99. The average Bonchev–Trinajstić information content (AvgIpc) is 3.02. The van der Waals surface area contributed by atoms with Gasteiger partial charge in [-0.3, -0.25) is 9.59 Å². The predicted octanol–water partition coefficient (Wildman–Crippen LogP) is 3.78. The Morgan fingerprint density at radius 1 is 1.30 bits per heavy atom. The van der Waals surface area contributed by atoms with E-state index in [1.165, 1.54) is 6.42 Å². The molecule has 1 aromatic carbocycles. The van der Waals surface area contributed by atoms with Crippen LogP contribution in [0, 0.1) is 0 Å². The van der Waals surface area contributed by atoms with Gasteiger partial charge in [0.1, 0.15) is 0 Å². The van der Waals surface area contributed by atoms with E-state index < -0.39 is 0 Å². The third-order valence-electron chi connectivity index (χ3n) is 4.34. The molecule has 4 nitrogen and oxygen atoms in total. The SMILES string of the molecule is CCS[C@H]1CC[C@@H](N(C)C(=O)c2cccc(NC(=O)CC)c2)C1. The summed E-state index contributed by atoms with van der Waals surface area (Å²) in [4.78, 5) is 26.1. The molecule has 2 rings (SSSR count). The van der Waals surface area contributed by atoms with Crippen molar-refractivity contribution in [1.82, 2.24) is 4.90 Å². The molecule has 0 bridgehead atoms. The topological polar surface area (TPSA) is 49.4 Å². The van der Waals surface area contributed by atoms with Crippen molar-refractivity contribution in [1.29, 1.82) is 0 Å². The van der Waals surface area contributed by atoms with Crippen LogP contribution in [0.3, 0.4) is 0 Å². The lowest BCUT2D eigenvalue weighted by molar-refractivity contribution is -0.115. The zero-order valence-electron chi connectivity index (χ0n) is 14.2.